The molecule has 59 heavy (non-hydrogen) atoms. The number of amides is 3. The lowest BCUT2D eigenvalue weighted by Crippen LogP contribution is -2.62. The maximum atomic E-state index is 14.8. The number of hydrogen-bond acceptors (Lipinski definition) is 14. The molecule has 330 valence electrons. The summed E-state index contributed by atoms with van der Waals surface area (Å²) in [6.45, 7) is 6.02. The Hall–Kier alpha value is -4.60. The predicted molar refractivity (Wildman–Crippen MR) is 208 cm³/mol. The van der Waals surface area contributed by atoms with Gasteiger partial charge in [0.05, 0.1) is 6.10 Å². The number of nitrogens with zero attached hydrogens (tertiary/aromatic N) is 2. The zero-order chi connectivity index (χ0) is 43.6. The number of aliphatic hydroxyl groups is 4. The highest BCUT2D eigenvalue weighted by Gasteiger charge is 2.55. The van der Waals surface area contributed by atoms with Gasteiger partial charge >= 0.3 is 11.9 Å². The van der Waals surface area contributed by atoms with Gasteiger partial charge < -0.3 is 71.9 Å². The van der Waals surface area contributed by atoms with Crippen LogP contribution in [0.2, 0.25) is 0 Å². The van der Waals surface area contributed by atoms with Crippen molar-refractivity contribution < 1.29 is 68.8 Å². The van der Waals surface area contributed by atoms with Crippen LogP contribution in [0, 0.1) is 11.8 Å². The number of rotatable bonds is 19. The zero-order valence-corrected chi connectivity index (χ0v) is 33.6. The van der Waals surface area contributed by atoms with E-state index in [1.807, 2.05) is 13.8 Å². The molecule has 3 aliphatic rings. The van der Waals surface area contributed by atoms with E-state index in [-0.39, 0.29) is 62.7 Å². The van der Waals surface area contributed by atoms with Gasteiger partial charge in [-0.3, -0.25) is 24.2 Å². The number of likely N-dealkylation sites (tertiary alicyclic amines) is 1. The molecule has 2 aliphatic heterocycles. The van der Waals surface area contributed by atoms with Crippen LogP contribution in [-0.2, 0) is 44.6 Å². The van der Waals surface area contributed by atoms with Crippen molar-refractivity contribution in [1.82, 2.24) is 15.5 Å². The molecule has 3 amide bonds. The SMILES string of the molecule is CCCC(=O)O[C@H]1C[C@H]2C[C@@H](C(=O)NCCCCN=C(N)N)N(C(=O)[C@H](CC(C)C)NC(=O)[C@@H](O)Cc3ccc(O)cc3)[C@H]2C[C@@H]1O[C@@H]1O[C@H](C(=O)O)[C@@H](O)[C@@H](O)[C@@H]1O. The molecule has 1 aliphatic carbocycles. The maximum absolute atomic E-state index is 14.8. The molecule has 0 unspecified atom stereocenters. The Bertz CT molecular complexity index is 1630. The third-order valence-electron chi connectivity index (χ3n) is 10.8. The molecule has 2 saturated heterocycles. The van der Waals surface area contributed by atoms with Crippen molar-refractivity contribution >= 4 is 35.6 Å². The van der Waals surface area contributed by atoms with Crippen molar-refractivity contribution in [3.63, 3.8) is 0 Å². The standard InChI is InChI=1S/C39H60N6O14/c1-4-7-29(48)57-27-17-21-16-25(34(52)42-12-5-6-13-43-39(40)41)45(24(21)18-28(27)58-38-32(51)30(49)31(50)33(59-38)37(55)56)36(54)23(14-19(2)3)44-35(53)26(47)15-20-8-10-22(46)11-9-20/h8-11,19,21,23-28,30-33,38,46-47,49-51H,4-7,12-18H2,1-3H3,(H,42,52)(H,44,53)(H,55,56)(H4,40,41,43)/t21-,23+,24+,25+,26+,27+,28+,30-,31+,32+,33+,38-/m1/s1. The first kappa shape index (κ1) is 47.1. The molecule has 0 spiro atoms. The number of phenolic OH excluding ortho intramolecular Hbond substituents is 1. The summed E-state index contributed by atoms with van der Waals surface area (Å²) in [5.41, 5.74) is 11.4. The molecule has 12 N–H and O–H groups in total. The number of aromatic hydroxyl groups is 1. The maximum Gasteiger partial charge on any atom is 0.335 e. The van der Waals surface area contributed by atoms with E-state index in [2.05, 4.69) is 15.6 Å². The summed E-state index contributed by atoms with van der Waals surface area (Å²) in [6, 6.07) is 2.86. The van der Waals surface area contributed by atoms with Crippen molar-refractivity contribution in [1.29, 1.82) is 0 Å². The van der Waals surface area contributed by atoms with Gasteiger partial charge in [0, 0.05) is 32.0 Å². The summed E-state index contributed by atoms with van der Waals surface area (Å²) in [6.07, 6.45) is -11.8. The summed E-state index contributed by atoms with van der Waals surface area (Å²) in [4.78, 5) is 72.3. The molecule has 4 rings (SSSR count). The van der Waals surface area contributed by atoms with E-state index in [1.165, 1.54) is 17.0 Å². The van der Waals surface area contributed by atoms with Crippen LogP contribution in [0.5, 0.6) is 5.75 Å². The number of phenols is 1. The van der Waals surface area contributed by atoms with Crippen molar-refractivity contribution in [2.24, 2.45) is 28.3 Å². The summed E-state index contributed by atoms with van der Waals surface area (Å²) in [5, 5.41) is 67.3. The Morgan fingerprint density at radius 2 is 1.68 bits per heavy atom. The largest absolute Gasteiger partial charge is 0.508 e. The normalized spacial score (nSPS) is 28.8. The monoisotopic (exact) mass is 836 g/mol. The Balaban J connectivity index is 1.65. The van der Waals surface area contributed by atoms with Gasteiger partial charge in [-0.1, -0.05) is 32.9 Å². The molecule has 0 aromatic heterocycles. The second-order valence-electron chi connectivity index (χ2n) is 15.9. The fourth-order valence-corrected chi connectivity index (χ4v) is 7.86. The van der Waals surface area contributed by atoms with Gasteiger partial charge in [0.25, 0.3) is 0 Å². The molecule has 1 aromatic rings. The molecule has 1 aromatic carbocycles. The summed E-state index contributed by atoms with van der Waals surface area (Å²) in [5.74, 6) is -4.79. The number of nitrogens with one attached hydrogen (secondary N) is 2. The first-order chi connectivity index (χ1) is 27.9. The number of carboxylic acids is 1. The number of unbranched alkanes of at least 4 members (excludes halogenated alkanes) is 1. The van der Waals surface area contributed by atoms with Crippen LogP contribution in [0.1, 0.15) is 77.7 Å². The van der Waals surface area contributed by atoms with Crippen molar-refractivity contribution in [3.8, 4) is 5.75 Å². The van der Waals surface area contributed by atoms with E-state index in [1.54, 1.807) is 19.1 Å². The number of carbonyl (C=O) groups is 5. The number of aliphatic hydroxyl groups excluding tert-OH is 4. The molecular formula is C39H60N6O14. The van der Waals surface area contributed by atoms with Gasteiger partial charge in [-0.2, -0.15) is 0 Å². The summed E-state index contributed by atoms with van der Waals surface area (Å²) < 4.78 is 17.3. The second-order valence-corrected chi connectivity index (χ2v) is 15.9. The third kappa shape index (κ3) is 12.7. The Morgan fingerprint density at radius 3 is 2.31 bits per heavy atom. The van der Waals surface area contributed by atoms with Gasteiger partial charge in [-0.15, -0.1) is 0 Å². The molecule has 0 radical (unpaired) electrons. The minimum atomic E-state index is -1.99. The van der Waals surface area contributed by atoms with Crippen LogP contribution in [0.3, 0.4) is 0 Å². The van der Waals surface area contributed by atoms with E-state index >= 15 is 0 Å². The number of aliphatic carboxylic acids is 1. The highest BCUT2D eigenvalue weighted by molar-refractivity contribution is 5.93. The van der Waals surface area contributed by atoms with E-state index in [0.29, 0.717) is 31.4 Å². The number of guanidine groups is 1. The zero-order valence-electron chi connectivity index (χ0n) is 33.6. The van der Waals surface area contributed by atoms with Crippen LogP contribution in [0.25, 0.3) is 0 Å². The number of ether oxygens (including phenoxy) is 3. The number of carboxylic acid groups (broad SMARTS) is 1. The van der Waals surface area contributed by atoms with E-state index in [0.717, 1.165) is 0 Å². The molecule has 1 saturated carbocycles. The average Bonchev–Trinajstić information content (AvgIpc) is 3.54. The Labute approximate surface area is 342 Å². The molecule has 20 nitrogen and oxygen atoms in total. The molecule has 2 heterocycles. The number of hydrogen-bond donors (Lipinski definition) is 10. The summed E-state index contributed by atoms with van der Waals surface area (Å²) >= 11 is 0. The predicted octanol–water partition coefficient (Wildman–Crippen LogP) is -1.63. The first-order valence-corrected chi connectivity index (χ1v) is 20.1. The Morgan fingerprint density at radius 1 is 0.983 bits per heavy atom. The minimum absolute atomic E-state index is 0.00724. The number of fused-ring (bicyclic) bond motifs is 1. The van der Waals surface area contributed by atoms with Crippen LogP contribution in [0.15, 0.2) is 29.3 Å². The lowest BCUT2D eigenvalue weighted by atomic mass is 9.80. The Kier molecular flexibility index (Phi) is 17.2. The highest BCUT2D eigenvalue weighted by Crippen LogP contribution is 2.43. The number of aliphatic imine (C=N–C) groups is 1. The smallest absolute Gasteiger partial charge is 0.335 e. The van der Waals surface area contributed by atoms with Crippen LogP contribution >= 0.6 is 0 Å². The van der Waals surface area contributed by atoms with Crippen LogP contribution in [0.4, 0.5) is 0 Å². The fourth-order valence-electron chi connectivity index (χ4n) is 7.86. The highest BCUT2D eigenvalue weighted by atomic mass is 16.7. The lowest BCUT2D eigenvalue weighted by molar-refractivity contribution is -0.314. The topological polar surface area (TPSA) is 326 Å². The number of nitrogens with two attached hydrogens (primary N) is 2. The van der Waals surface area contributed by atoms with Gasteiger partial charge in [-0.05, 0) is 74.5 Å². The number of carbonyl (C=O) groups excluding carboxylic acids is 4. The van der Waals surface area contributed by atoms with Crippen molar-refractivity contribution in [2.75, 3.05) is 13.1 Å². The van der Waals surface area contributed by atoms with E-state index in [4.69, 9.17) is 25.7 Å². The number of esters is 1. The van der Waals surface area contributed by atoms with Crippen LogP contribution in [-0.4, -0.2) is 151 Å². The molecule has 0 bridgehead atoms. The second kappa shape index (κ2) is 21.6. The van der Waals surface area contributed by atoms with E-state index < -0.39 is 103 Å². The van der Waals surface area contributed by atoms with Crippen molar-refractivity contribution in [2.45, 2.75) is 146 Å². The fraction of sp³-hybridized carbons (Fsp3) is 0.692. The van der Waals surface area contributed by atoms with E-state index in [9.17, 15) is 54.6 Å². The minimum Gasteiger partial charge on any atom is -0.508 e. The molecular weight excluding hydrogens is 776 g/mol. The lowest BCUT2D eigenvalue weighted by Gasteiger charge is -2.45. The molecule has 20 heteroatoms. The average molecular weight is 837 g/mol. The van der Waals surface area contributed by atoms with Gasteiger partial charge in [0.2, 0.25) is 17.7 Å². The van der Waals surface area contributed by atoms with Gasteiger partial charge in [0.15, 0.2) is 18.4 Å². The third-order valence-corrected chi connectivity index (χ3v) is 10.8. The van der Waals surface area contributed by atoms with Gasteiger partial charge in [0.1, 0.15) is 48.4 Å². The summed E-state index contributed by atoms with van der Waals surface area (Å²) in [7, 11) is 0. The molecule has 12 atom stereocenters. The first-order valence-electron chi connectivity index (χ1n) is 20.1. The van der Waals surface area contributed by atoms with Crippen molar-refractivity contribution in [3.05, 3.63) is 29.8 Å². The quantitative estimate of drug-likeness (QED) is 0.0324. The number of benzene rings is 1. The van der Waals surface area contributed by atoms with Crippen LogP contribution < -0.4 is 22.1 Å². The van der Waals surface area contributed by atoms with Gasteiger partial charge in [-0.25, -0.2) is 4.79 Å². The molecule has 3 fully saturated rings.